The van der Waals surface area contributed by atoms with E-state index in [0.717, 1.165) is 10.1 Å². The van der Waals surface area contributed by atoms with E-state index in [4.69, 9.17) is 0 Å². The lowest BCUT2D eigenvalue weighted by molar-refractivity contribution is 0.277. The molecule has 0 bridgehead atoms. The van der Waals surface area contributed by atoms with Crippen molar-refractivity contribution >= 4 is 11.2 Å². The zero-order valence-electron chi connectivity index (χ0n) is 17.3. The first kappa shape index (κ1) is 21.2. The number of fused-ring (bicyclic) bond motifs is 1. The summed E-state index contributed by atoms with van der Waals surface area (Å²) in [4.78, 5) is 30.7. The number of nitrogens with zero attached hydrogens (tertiary/aromatic N) is 5. The molecule has 0 spiro atoms. The van der Waals surface area contributed by atoms with Crippen molar-refractivity contribution < 1.29 is 9.50 Å². The van der Waals surface area contributed by atoms with Crippen LogP contribution in [0.2, 0.25) is 0 Å². The molecule has 0 saturated heterocycles. The lowest BCUT2D eigenvalue weighted by atomic mass is 10.1. The van der Waals surface area contributed by atoms with Gasteiger partial charge in [0.1, 0.15) is 11.6 Å². The summed E-state index contributed by atoms with van der Waals surface area (Å²) in [6.45, 7) is 0.0758. The van der Waals surface area contributed by atoms with Gasteiger partial charge in [-0.25, -0.2) is 14.2 Å². The minimum Gasteiger partial charge on any atom is -0.396 e. The van der Waals surface area contributed by atoms with Gasteiger partial charge in [0.2, 0.25) is 0 Å². The third-order valence-corrected chi connectivity index (χ3v) is 5.31. The van der Waals surface area contributed by atoms with Gasteiger partial charge in [0.25, 0.3) is 5.56 Å². The van der Waals surface area contributed by atoms with Crippen LogP contribution in [0.15, 0.2) is 58.1 Å². The van der Waals surface area contributed by atoms with E-state index in [0.29, 0.717) is 17.0 Å². The number of aliphatic hydroxyl groups is 1. The van der Waals surface area contributed by atoms with Gasteiger partial charge in [0.15, 0.2) is 11.2 Å². The molecular weight excluding hydrogens is 413 g/mol. The maximum absolute atomic E-state index is 13.4. The van der Waals surface area contributed by atoms with Crippen molar-refractivity contribution in [3.8, 4) is 17.5 Å². The number of nitriles is 1. The quantitative estimate of drug-likeness (QED) is 0.501. The molecule has 0 aliphatic carbocycles. The van der Waals surface area contributed by atoms with Gasteiger partial charge in [-0.3, -0.25) is 13.9 Å². The number of hydrogen-bond acceptors (Lipinski definition) is 5. The van der Waals surface area contributed by atoms with Crippen molar-refractivity contribution in [2.75, 3.05) is 6.61 Å². The van der Waals surface area contributed by atoms with Crippen LogP contribution in [-0.4, -0.2) is 30.4 Å². The molecule has 4 aromatic rings. The Morgan fingerprint density at radius 2 is 1.81 bits per heavy atom. The van der Waals surface area contributed by atoms with Gasteiger partial charge in [0.05, 0.1) is 11.6 Å². The highest BCUT2D eigenvalue weighted by Gasteiger charge is 2.22. The Hall–Kier alpha value is -4.03. The van der Waals surface area contributed by atoms with E-state index in [2.05, 4.69) is 11.1 Å². The second kappa shape index (κ2) is 8.61. The summed E-state index contributed by atoms with van der Waals surface area (Å²) in [6, 6.07) is 14.9. The van der Waals surface area contributed by atoms with Crippen LogP contribution < -0.4 is 11.2 Å². The minimum absolute atomic E-state index is 0.0593. The zero-order valence-corrected chi connectivity index (χ0v) is 17.3. The molecule has 162 valence electrons. The SMILES string of the molecule is Cn1c(=O)n(CCCO)c(=O)c2c1nc(-c1ccccc1C#N)n2Cc1ccc(F)cc1. The van der Waals surface area contributed by atoms with E-state index < -0.39 is 11.2 Å². The van der Waals surface area contributed by atoms with Crippen molar-refractivity contribution in [2.24, 2.45) is 7.05 Å². The molecule has 8 nitrogen and oxygen atoms in total. The monoisotopic (exact) mass is 433 g/mol. The Bertz CT molecular complexity index is 1460. The predicted octanol–water partition coefficient (Wildman–Crippen LogP) is 2.01. The zero-order chi connectivity index (χ0) is 22.8. The van der Waals surface area contributed by atoms with Gasteiger partial charge in [-0.05, 0) is 36.2 Å². The highest BCUT2D eigenvalue weighted by Crippen LogP contribution is 2.26. The smallest absolute Gasteiger partial charge is 0.332 e. The number of halogens is 1. The molecule has 0 aliphatic heterocycles. The van der Waals surface area contributed by atoms with Gasteiger partial charge in [-0.2, -0.15) is 5.26 Å². The fraction of sp³-hybridized carbons (Fsp3) is 0.217. The molecule has 2 aromatic carbocycles. The third kappa shape index (κ3) is 3.61. The molecule has 2 aromatic heterocycles. The van der Waals surface area contributed by atoms with Crippen molar-refractivity contribution in [3.05, 3.63) is 86.3 Å². The summed E-state index contributed by atoms with van der Waals surface area (Å²) in [5.74, 6) is -0.0264. The van der Waals surface area contributed by atoms with Crippen LogP contribution in [0.4, 0.5) is 4.39 Å². The summed E-state index contributed by atoms with van der Waals surface area (Å²) < 4.78 is 17.4. The maximum Gasteiger partial charge on any atom is 0.332 e. The summed E-state index contributed by atoms with van der Waals surface area (Å²) in [5.41, 5.74) is 0.906. The third-order valence-electron chi connectivity index (χ3n) is 5.31. The molecule has 0 atom stereocenters. The van der Waals surface area contributed by atoms with Gasteiger partial charge in [0, 0.05) is 32.3 Å². The molecule has 0 unspecified atom stereocenters. The van der Waals surface area contributed by atoms with Crippen LogP contribution in [0.3, 0.4) is 0 Å². The van der Waals surface area contributed by atoms with Gasteiger partial charge in [-0.15, -0.1) is 0 Å². The molecule has 0 aliphatic rings. The Morgan fingerprint density at radius 3 is 2.50 bits per heavy atom. The van der Waals surface area contributed by atoms with Crippen LogP contribution in [-0.2, 0) is 20.1 Å². The highest BCUT2D eigenvalue weighted by atomic mass is 19.1. The van der Waals surface area contributed by atoms with Crippen molar-refractivity contribution in [1.82, 2.24) is 18.7 Å². The normalized spacial score (nSPS) is 11.1. The summed E-state index contributed by atoms with van der Waals surface area (Å²) >= 11 is 0. The molecule has 0 fully saturated rings. The van der Waals surface area contributed by atoms with E-state index in [1.807, 2.05) is 0 Å². The fourth-order valence-electron chi connectivity index (χ4n) is 3.71. The van der Waals surface area contributed by atoms with E-state index in [9.17, 15) is 24.3 Å². The second-order valence-corrected chi connectivity index (χ2v) is 7.35. The topological polar surface area (TPSA) is 106 Å². The number of aliphatic hydroxyl groups excluding tert-OH is 1. The molecule has 9 heteroatoms. The van der Waals surface area contributed by atoms with E-state index in [1.54, 1.807) is 41.0 Å². The van der Waals surface area contributed by atoms with Crippen molar-refractivity contribution in [2.45, 2.75) is 19.5 Å². The molecule has 0 saturated carbocycles. The van der Waals surface area contributed by atoms with Crippen molar-refractivity contribution in [1.29, 1.82) is 5.26 Å². The van der Waals surface area contributed by atoms with E-state index >= 15 is 0 Å². The second-order valence-electron chi connectivity index (χ2n) is 7.35. The molecule has 0 amide bonds. The Kier molecular flexibility index (Phi) is 5.71. The summed E-state index contributed by atoms with van der Waals surface area (Å²) in [6.07, 6.45) is 0.247. The molecule has 0 radical (unpaired) electrons. The first-order valence-corrected chi connectivity index (χ1v) is 10.0. The minimum atomic E-state index is -0.539. The highest BCUT2D eigenvalue weighted by molar-refractivity contribution is 5.79. The van der Waals surface area contributed by atoms with Crippen LogP contribution >= 0.6 is 0 Å². The Balaban J connectivity index is 2.06. The molecular formula is C23H20FN5O3. The predicted molar refractivity (Wildman–Crippen MR) is 117 cm³/mol. The summed E-state index contributed by atoms with van der Waals surface area (Å²) in [5, 5.41) is 18.8. The molecule has 2 heterocycles. The number of hydrogen-bond donors (Lipinski definition) is 1. The van der Waals surface area contributed by atoms with Crippen LogP contribution in [0.25, 0.3) is 22.6 Å². The molecule has 4 rings (SSSR count). The van der Waals surface area contributed by atoms with Crippen molar-refractivity contribution in [3.63, 3.8) is 0 Å². The fourth-order valence-corrected chi connectivity index (χ4v) is 3.71. The van der Waals surface area contributed by atoms with Crippen LogP contribution in [0.1, 0.15) is 17.5 Å². The standard InChI is InChI=1S/C23H20FN5O3/c1-27-21-19(22(31)28(23(27)32)11-4-12-30)29(14-15-7-9-17(24)10-8-15)20(26-21)18-6-3-2-5-16(18)13-25/h2-3,5-10,30H,4,11-12,14H2,1H3. The first-order valence-electron chi connectivity index (χ1n) is 10.0. The Labute approximate surface area is 182 Å². The molecule has 1 N–H and O–H groups in total. The first-order chi connectivity index (χ1) is 15.5. The lowest BCUT2D eigenvalue weighted by Crippen LogP contribution is -2.39. The summed E-state index contributed by atoms with van der Waals surface area (Å²) in [7, 11) is 1.52. The average Bonchev–Trinajstić information content (AvgIpc) is 3.18. The number of aromatic nitrogens is 4. The van der Waals surface area contributed by atoms with Gasteiger partial charge >= 0.3 is 5.69 Å². The van der Waals surface area contributed by atoms with Crippen LogP contribution in [0.5, 0.6) is 0 Å². The number of imidazole rings is 1. The lowest BCUT2D eigenvalue weighted by Gasteiger charge is -2.12. The van der Waals surface area contributed by atoms with Gasteiger partial charge < -0.3 is 9.67 Å². The maximum atomic E-state index is 13.4. The largest absolute Gasteiger partial charge is 0.396 e. The number of rotatable bonds is 6. The van der Waals surface area contributed by atoms with Crippen LogP contribution in [0, 0.1) is 17.1 Å². The van der Waals surface area contributed by atoms with Gasteiger partial charge in [-0.1, -0.05) is 24.3 Å². The Morgan fingerprint density at radius 1 is 1.09 bits per heavy atom. The number of aryl methyl sites for hydroxylation is 1. The average molecular weight is 433 g/mol. The molecule has 32 heavy (non-hydrogen) atoms. The van der Waals surface area contributed by atoms with E-state index in [-0.39, 0.29) is 43.1 Å². The number of benzene rings is 2. The van der Waals surface area contributed by atoms with E-state index in [1.165, 1.54) is 23.7 Å².